The van der Waals surface area contributed by atoms with Gasteiger partial charge < -0.3 is 15.6 Å². The summed E-state index contributed by atoms with van der Waals surface area (Å²) < 4.78 is 5.60. The van der Waals surface area contributed by atoms with Gasteiger partial charge in [0.25, 0.3) is 0 Å². The molecule has 0 aliphatic rings. The zero-order valence-electron chi connectivity index (χ0n) is 11.8. The first-order valence-electron chi connectivity index (χ1n) is 6.60. The molecule has 3 atom stereocenters. The van der Waals surface area contributed by atoms with Crippen molar-refractivity contribution in [1.82, 2.24) is 0 Å². The van der Waals surface area contributed by atoms with Gasteiger partial charge in [0.05, 0.1) is 12.2 Å². The van der Waals surface area contributed by atoms with Gasteiger partial charge in [-0.05, 0) is 50.8 Å². The summed E-state index contributed by atoms with van der Waals surface area (Å²) in [5, 5.41) is 9.78. The van der Waals surface area contributed by atoms with Crippen molar-refractivity contribution >= 4 is 0 Å². The number of ether oxygens (including phenoxy) is 1. The summed E-state index contributed by atoms with van der Waals surface area (Å²) in [6.07, 6.45) is 0.418. The Morgan fingerprint density at radius 3 is 2.11 bits per heavy atom. The maximum atomic E-state index is 9.78. The molecule has 0 amide bonds. The minimum Gasteiger partial charge on any atom is -0.491 e. The first kappa shape index (κ1) is 15.0. The Morgan fingerprint density at radius 1 is 1.11 bits per heavy atom. The highest BCUT2D eigenvalue weighted by atomic mass is 16.5. The second-order valence-corrected chi connectivity index (χ2v) is 5.30. The molecule has 102 valence electrons. The molecule has 0 fully saturated rings. The van der Waals surface area contributed by atoms with Crippen molar-refractivity contribution in [3.8, 4) is 5.75 Å². The summed E-state index contributed by atoms with van der Waals surface area (Å²) in [6, 6.07) is 7.87. The second kappa shape index (κ2) is 6.76. The van der Waals surface area contributed by atoms with Crippen molar-refractivity contribution in [2.24, 2.45) is 5.73 Å². The molecule has 0 aromatic heterocycles. The number of benzene rings is 1. The van der Waals surface area contributed by atoms with Crippen LogP contribution in [-0.2, 0) is 0 Å². The molecule has 0 aliphatic heterocycles. The molecule has 0 bridgehead atoms. The Morgan fingerprint density at radius 2 is 1.67 bits per heavy atom. The van der Waals surface area contributed by atoms with Crippen LogP contribution in [0.15, 0.2) is 24.3 Å². The van der Waals surface area contributed by atoms with Crippen LogP contribution in [0, 0.1) is 0 Å². The summed E-state index contributed by atoms with van der Waals surface area (Å²) in [5.41, 5.74) is 6.87. The van der Waals surface area contributed by atoms with Crippen molar-refractivity contribution < 1.29 is 9.84 Å². The standard InChI is InChI=1S/C15H25NO2/c1-10(2)18-14-7-5-13(6-8-14)11(3)9-15(17)12(4)16/h5-8,10-12,15,17H,9,16H2,1-4H3. The fourth-order valence-electron chi connectivity index (χ4n) is 1.86. The van der Waals surface area contributed by atoms with Crippen LogP contribution in [0.5, 0.6) is 5.75 Å². The van der Waals surface area contributed by atoms with Gasteiger partial charge in [-0.25, -0.2) is 0 Å². The highest BCUT2D eigenvalue weighted by Gasteiger charge is 2.15. The van der Waals surface area contributed by atoms with Gasteiger partial charge >= 0.3 is 0 Å². The summed E-state index contributed by atoms with van der Waals surface area (Å²) in [4.78, 5) is 0. The van der Waals surface area contributed by atoms with Crippen LogP contribution in [-0.4, -0.2) is 23.4 Å². The molecule has 0 spiro atoms. The maximum absolute atomic E-state index is 9.78. The summed E-state index contributed by atoms with van der Waals surface area (Å²) in [6.45, 7) is 7.95. The highest BCUT2D eigenvalue weighted by Crippen LogP contribution is 2.24. The first-order valence-corrected chi connectivity index (χ1v) is 6.60. The van der Waals surface area contributed by atoms with E-state index in [2.05, 4.69) is 19.1 Å². The van der Waals surface area contributed by atoms with Gasteiger partial charge in [0.15, 0.2) is 0 Å². The predicted octanol–water partition coefficient (Wildman–Crippen LogP) is 2.68. The van der Waals surface area contributed by atoms with Gasteiger partial charge in [-0.2, -0.15) is 0 Å². The molecule has 1 aromatic carbocycles. The monoisotopic (exact) mass is 251 g/mol. The molecule has 0 saturated carbocycles. The van der Waals surface area contributed by atoms with Crippen LogP contribution < -0.4 is 10.5 Å². The average Bonchev–Trinajstić information content (AvgIpc) is 2.28. The molecule has 0 radical (unpaired) electrons. The van der Waals surface area contributed by atoms with Gasteiger partial charge in [-0.15, -0.1) is 0 Å². The van der Waals surface area contributed by atoms with Crippen LogP contribution in [0.2, 0.25) is 0 Å². The normalized spacial score (nSPS) is 16.4. The third-order valence-corrected chi connectivity index (χ3v) is 3.02. The minimum atomic E-state index is -0.452. The average molecular weight is 251 g/mol. The molecule has 0 heterocycles. The Hall–Kier alpha value is -1.06. The van der Waals surface area contributed by atoms with Crippen molar-refractivity contribution in [2.75, 3.05) is 0 Å². The van der Waals surface area contributed by atoms with Gasteiger partial charge in [0.2, 0.25) is 0 Å². The molecule has 1 aromatic rings. The Balaban J connectivity index is 2.61. The lowest BCUT2D eigenvalue weighted by Crippen LogP contribution is -2.32. The predicted molar refractivity (Wildman–Crippen MR) is 74.9 cm³/mol. The molecule has 3 unspecified atom stereocenters. The number of hydrogen-bond acceptors (Lipinski definition) is 3. The lowest BCUT2D eigenvalue weighted by Gasteiger charge is -2.20. The smallest absolute Gasteiger partial charge is 0.119 e. The van der Waals surface area contributed by atoms with E-state index in [0.717, 1.165) is 5.75 Å². The van der Waals surface area contributed by atoms with Crippen molar-refractivity contribution in [3.05, 3.63) is 29.8 Å². The number of rotatable bonds is 6. The molecule has 3 N–H and O–H groups in total. The Kier molecular flexibility index (Phi) is 5.63. The molecule has 3 heteroatoms. The topological polar surface area (TPSA) is 55.5 Å². The first-order chi connectivity index (χ1) is 8.40. The van der Waals surface area contributed by atoms with E-state index in [1.54, 1.807) is 0 Å². The van der Waals surface area contributed by atoms with Crippen molar-refractivity contribution in [3.63, 3.8) is 0 Å². The molecular weight excluding hydrogens is 226 g/mol. The van der Waals surface area contributed by atoms with Gasteiger partial charge in [0.1, 0.15) is 5.75 Å². The van der Waals surface area contributed by atoms with Gasteiger partial charge in [-0.1, -0.05) is 19.1 Å². The van der Waals surface area contributed by atoms with E-state index in [4.69, 9.17) is 10.5 Å². The third-order valence-electron chi connectivity index (χ3n) is 3.02. The zero-order valence-corrected chi connectivity index (χ0v) is 11.8. The maximum Gasteiger partial charge on any atom is 0.119 e. The zero-order chi connectivity index (χ0) is 13.7. The highest BCUT2D eigenvalue weighted by molar-refractivity contribution is 5.29. The van der Waals surface area contributed by atoms with E-state index in [-0.39, 0.29) is 12.1 Å². The van der Waals surface area contributed by atoms with Crippen LogP contribution in [0.3, 0.4) is 0 Å². The number of aliphatic hydroxyl groups is 1. The van der Waals surface area contributed by atoms with E-state index in [9.17, 15) is 5.11 Å². The van der Waals surface area contributed by atoms with Crippen molar-refractivity contribution in [2.45, 2.75) is 58.3 Å². The Bertz CT molecular complexity index is 346. The quantitative estimate of drug-likeness (QED) is 0.817. The lowest BCUT2D eigenvalue weighted by molar-refractivity contribution is 0.134. The van der Waals surface area contributed by atoms with Crippen molar-refractivity contribution in [1.29, 1.82) is 0 Å². The molecule has 3 nitrogen and oxygen atoms in total. The largest absolute Gasteiger partial charge is 0.491 e. The van der Waals surface area contributed by atoms with E-state index < -0.39 is 6.10 Å². The number of hydrogen-bond donors (Lipinski definition) is 2. The van der Waals surface area contributed by atoms with Crippen LogP contribution in [0.4, 0.5) is 0 Å². The number of aliphatic hydroxyl groups excluding tert-OH is 1. The summed E-state index contributed by atoms with van der Waals surface area (Å²) >= 11 is 0. The van der Waals surface area contributed by atoms with E-state index in [1.807, 2.05) is 32.9 Å². The number of nitrogens with two attached hydrogens (primary N) is 1. The van der Waals surface area contributed by atoms with Crippen LogP contribution in [0.1, 0.15) is 45.6 Å². The molecule has 1 rings (SSSR count). The summed E-state index contributed by atoms with van der Waals surface area (Å²) in [5.74, 6) is 1.17. The lowest BCUT2D eigenvalue weighted by atomic mass is 9.93. The fraction of sp³-hybridized carbons (Fsp3) is 0.600. The van der Waals surface area contributed by atoms with Crippen LogP contribution in [0.25, 0.3) is 0 Å². The summed E-state index contributed by atoms with van der Waals surface area (Å²) in [7, 11) is 0. The van der Waals surface area contributed by atoms with E-state index >= 15 is 0 Å². The minimum absolute atomic E-state index is 0.184. The SMILES string of the molecule is CC(C)Oc1ccc(C(C)CC(O)C(C)N)cc1. The van der Waals surface area contributed by atoms with Gasteiger partial charge in [0, 0.05) is 6.04 Å². The van der Waals surface area contributed by atoms with Crippen LogP contribution >= 0.6 is 0 Å². The molecule has 18 heavy (non-hydrogen) atoms. The Labute approximate surface area is 110 Å². The fourth-order valence-corrected chi connectivity index (χ4v) is 1.86. The van der Waals surface area contributed by atoms with E-state index in [1.165, 1.54) is 5.56 Å². The van der Waals surface area contributed by atoms with E-state index in [0.29, 0.717) is 12.3 Å². The molecule has 0 saturated heterocycles. The molecule has 0 aliphatic carbocycles. The second-order valence-electron chi connectivity index (χ2n) is 5.30. The third kappa shape index (κ3) is 4.67. The molecular formula is C15H25NO2. The van der Waals surface area contributed by atoms with Gasteiger partial charge in [-0.3, -0.25) is 0 Å².